The Balaban J connectivity index is 1.52. The molecular weight excluding hydrogens is 302 g/mol. The van der Waals surface area contributed by atoms with Crippen LogP contribution in [0.15, 0.2) is 24.3 Å². The number of likely N-dealkylation sites (tertiary alicyclic amines) is 1. The van der Waals surface area contributed by atoms with Crippen molar-refractivity contribution in [3.63, 3.8) is 0 Å². The van der Waals surface area contributed by atoms with Crippen molar-refractivity contribution >= 4 is 0 Å². The summed E-state index contributed by atoms with van der Waals surface area (Å²) in [6.07, 6.45) is 2.05. The van der Waals surface area contributed by atoms with Gasteiger partial charge in [-0.3, -0.25) is 4.90 Å². The topological polar surface area (TPSA) is 63.9 Å². The van der Waals surface area contributed by atoms with Gasteiger partial charge in [-0.25, -0.2) is 0 Å². The summed E-state index contributed by atoms with van der Waals surface area (Å²) < 4.78 is 0. The molecule has 4 nitrogen and oxygen atoms in total. The number of hydrogen-bond acceptors (Lipinski definition) is 4. The fourth-order valence-electron chi connectivity index (χ4n) is 4.15. The van der Waals surface area contributed by atoms with Crippen LogP contribution < -0.4 is 0 Å². The number of aliphatic hydroxyl groups is 3. The zero-order chi connectivity index (χ0) is 17.3. The number of aryl methyl sites for hydroxylation is 1. The molecule has 3 rings (SSSR count). The molecule has 1 aromatic rings. The van der Waals surface area contributed by atoms with Crippen molar-refractivity contribution < 1.29 is 15.3 Å². The molecule has 1 saturated carbocycles. The van der Waals surface area contributed by atoms with Gasteiger partial charge in [-0.15, -0.1) is 0 Å². The Morgan fingerprint density at radius 1 is 0.958 bits per heavy atom. The third kappa shape index (κ3) is 4.57. The minimum Gasteiger partial charge on any atom is -0.390 e. The molecule has 1 aliphatic heterocycles. The van der Waals surface area contributed by atoms with E-state index in [4.69, 9.17) is 0 Å². The predicted octanol–water partition coefficient (Wildman–Crippen LogP) is 1.95. The Morgan fingerprint density at radius 2 is 1.46 bits per heavy atom. The molecule has 0 bridgehead atoms. The van der Waals surface area contributed by atoms with E-state index in [0.29, 0.717) is 11.8 Å². The molecule has 0 spiro atoms. The monoisotopic (exact) mass is 333 g/mol. The number of nitrogens with zero attached hydrogens (tertiary/aromatic N) is 1. The van der Waals surface area contributed by atoms with Crippen molar-refractivity contribution in [3.8, 4) is 0 Å². The van der Waals surface area contributed by atoms with Crippen LogP contribution in [0, 0.1) is 11.8 Å². The van der Waals surface area contributed by atoms with E-state index in [9.17, 15) is 15.3 Å². The zero-order valence-electron chi connectivity index (χ0n) is 14.9. The highest BCUT2D eigenvalue weighted by molar-refractivity contribution is 5.23. The van der Waals surface area contributed by atoms with E-state index >= 15 is 0 Å². The largest absolute Gasteiger partial charge is 0.390 e. The van der Waals surface area contributed by atoms with Crippen molar-refractivity contribution in [1.82, 2.24) is 4.90 Å². The second-order valence-corrected chi connectivity index (χ2v) is 8.45. The molecule has 134 valence electrons. The van der Waals surface area contributed by atoms with Crippen molar-refractivity contribution in [2.45, 2.75) is 63.9 Å². The van der Waals surface area contributed by atoms with Crippen LogP contribution in [0.2, 0.25) is 0 Å². The highest BCUT2D eigenvalue weighted by Crippen LogP contribution is 2.37. The smallest absolute Gasteiger partial charge is 0.0802 e. The number of rotatable bonds is 5. The Bertz CT molecular complexity index is 519. The van der Waals surface area contributed by atoms with Crippen LogP contribution in [0.5, 0.6) is 0 Å². The molecule has 0 amide bonds. The van der Waals surface area contributed by atoms with Crippen LogP contribution >= 0.6 is 0 Å². The van der Waals surface area contributed by atoms with E-state index in [-0.39, 0.29) is 0 Å². The van der Waals surface area contributed by atoms with Crippen molar-refractivity contribution in [2.24, 2.45) is 11.8 Å². The van der Waals surface area contributed by atoms with Crippen LogP contribution in [0.25, 0.3) is 0 Å². The number of benzene rings is 1. The predicted molar refractivity (Wildman–Crippen MR) is 94.6 cm³/mol. The normalized spacial score (nSPS) is 31.2. The van der Waals surface area contributed by atoms with Gasteiger partial charge in [-0.2, -0.15) is 0 Å². The lowest BCUT2D eigenvalue weighted by Gasteiger charge is -2.32. The Hall–Kier alpha value is -0.940. The average molecular weight is 333 g/mol. The lowest BCUT2D eigenvalue weighted by atomic mass is 9.79. The third-order valence-electron chi connectivity index (χ3n) is 5.64. The third-order valence-corrected chi connectivity index (χ3v) is 5.64. The molecule has 0 radical (unpaired) electrons. The minimum atomic E-state index is -0.611. The molecule has 1 saturated heterocycles. The Kier molecular flexibility index (Phi) is 5.30. The molecule has 0 unspecified atom stereocenters. The van der Waals surface area contributed by atoms with E-state index in [1.165, 1.54) is 11.1 Å². The van der Waals surface area contributed by atoms with Gasteiger partial charge in [0.15, 0.2) is 0 Å². The van der Waals surface area contributed by atoms with E-state index in [1.807, 2.05) is 13.8 Å². The molecule has 1 aliphatic carbocycles. The second-order valence-electron chi connectivity index (χ2n) is 8.45. The molecule has 1 heterocycles. The summed E-state index contributed by atoms with van der Waals surface area (Å²) in [6, 6.07) is 8.70. The highest BCUT2D eigenvalue weighted by Gasteiger charge is 2.40. The van der Waals surface area contributed by atoms with Gasteiger partial charge in [-0.1, -0.05) is 24.3 Å². The Labute approximate surface area is 145 Å². The summed E-state index contributed by atoms with van der Waals surface area (Å²) in [7, 11) is 0. The molecule has 4 heteroatoms. The first-order chi connectivity index (χ1) is 11.3. The average Bonchev–Trinajstić information content (AvgIpc) is 2.87. The summed E-state index contributed by atoms with van der Waals surface area (Å²) in [5.74, 6) is 1.05. The maximum atomic E-state index is 9.85. The zero-order valence-corrected chi connectivity index (χ0v) is 14.9. The summed E-state index contributed by atoms with van der Waals surface area (Å²) in [5, 5.41) is 29.5. The molecule has 1 aromatic carbocycles. The van der Waals surface area contributed by atoms with Gasteiger partial charge in [0.25, 0.3) is 0 Å². The van der Waals surface area contributed by atoms with Crippen LogP contribution in [-0.4, -0.2) is 51.1 Å². The first kappa shape index (κ1) is 17.9. The molecule has 0 aromatic heterocycles. The summed E-state index contributed by atoms with van der Waals surface area (Å²) in [6.45, 7) is 6.68. The lowest BCUT2D eigenvalue weighted by molar-refractivity contribution is -0.0372. The van der Waals surface area contributed by atoms with Gasteiger partial charge in [0.2, 0.25) is 0 Å². The Morgan fingerprint density at radius 3 is 1.96 bits per heavy atom. The number of aliphatic hydroxyl groups excluding tert-OH is 2. The SMILES string of the molecule is CC(C)(O)CCc1ccc(CN2C[C@H]3C[C@H](O)[C@H](O)C[C@H]3C2)cc1. The molecular formula is C20H31NO3. The van der Waals surface area contributed by atoms with Gasteiger partial charge in [0, 0.05) is 19.6 Å². The summed E-state index contributed by atoms with van der Waals surface area (Å²) in [4.78, 5) is 2.45. The van der Waals surface area contributed by atoms with Crippen molar-refractivity contribution in [2.75, 3.05) is 13.1 Å². The number of fused-ring (bicyclic) bond motifs is 1. The molecule has 3 N–H and O–H groups in total. The summed E-state index contributed by atoms with van der Waals surface area (Å²) >= 11 is 0. The van der Waals surface area contributed by atoms with E-state index < -0.39 is 17.8 Å². The quantitative estimate of drug-likeness (QED) is 0.771. The van der Waals surface area contributed by atoms with E-state index in [2.05, 4.69) is 29.2 Å². The van der Waals surface area contributed by atoms with Gasteiger partial charge in [-0.05, 0) is 62.5 Å². The second kappa shape index (κ2) is 7.12. The van der Waals surface area contributed by atoms with Crippen LogP contribution in [0.3, 0.4) is 0 Å². The maximum absolute atomic E-state index is 9.85. The first-order valence-corrected chi connectivity index (χ1v) is 9.19. The van der Waals surface area contributed by atoms with Crippen molar-refractivity contribution in [1.29, 1.82) is 0 Å². The molecule has 2 fully saturated rings. The molecule has 24 heavy (non-hydrogen) atoms. The van der Waals surface area contributed by atoms with Crippen LogP contribution in [0.1, 0.15) is 44.2 Å². The highest BCUT2D eigenvalue weighted by atomic mass is 16.3. The van der Waals surface area contributed by atoms with Crippen molar-refractivity contribution in [3.05, 3.63) is 35.4 Å². The number of hydrogen-bond donors (Lipinski definition) is 3. The molecule has 2 aliphatic rings. The van der Waals surface area contributed by atoms with E-state index in [0.717, 1.165) is 45.3 Å². The van der Waals surface area contributed by atoms with Gasteiger partial charge < -0.3 is 15.3 Å². The fraction of sp³-hybridized carbons (Fsp3) is 0.700. The lowest BCUT2D eigenvalue weighted by Crippen LogP contribution is -2.38. The van der Waals surface area contributed by atoms with E-state index in [1.54, 1.807) is 0 Å². The van der Waals surface area contributed by atoms with Gasteiger partial charge in [0.1, 0.15) is 0 Å². The summed E-state index contributed by atoms with van der Waals surface area (Å²) in [5.41, 5.74) is 1.96. The van der Waals surface area contributed by atoms with Crippen LogP contribution in [-0.2, 0) is 13.0 Å². The first-order valence-electron chi connectivity index (χ1n) is 9.19. The minimum absolute atomic E-state index is 0.523. The fourth-order valence-corrected chi connectivity index (χ4v) is 4.15. The van der Waals surface area contributed by atoms with Gasteiger partial charge in [0.05, 0.1) is 17.8 Å². The maximum Gasteiger partial charge on any atom is 0.0802 e. The van der Waals surface area contributed by atoms with Gasteiger partial charge >= 0.3 is 0 Å². The standard InChI is InChI=1S/C20H31NO3/c1-20(2,24)8-7-14-3-5-15(6-4-14)11-21-12-16-9-18(22)19(23)10-17(16)13-21/h3-6,16-19,22-24H,7-13H2,1-2H3/t16-,17+,18+,19-. The van der Waals surface area contributed by atoms with Crippen LogP contribution in [0.4, 0.5) is 0 Å². The molecule has 4 atom stereocenters.